The van der Waals surface area contributed by atoms with E-state index in [9.17, 15) is 18.0 Å². The van der Waals surface area contributed by atoms with Gasteiger partial charge in [0.05, 0.1) is 11.6 Å². The SMILES string of the molecule is C[C@H](N)C(=O)NC(C)(C)Cc1ccc(C(F)(F)F)cc1. The van der Waals surface area contributed by atoms with Crippen molar-refractivity contribution in [3.63, 3.8) is 0 Å². The molecule has 0 aliphatic carbocycles. The number of benzene rings is 1. The van der Waals surface area contributed by atoms with E-state index >= 15 is 0 Å². The second-order valence-corrected chi connectivity index (χ2v) is 5.53. The predicted octanol–water partition coefficient (Wildman–Crippen LogP) is 2.49. The van der Waals surface area contributed by atoms with Gasteiger partial charge in [0, 0.05) is 5.54 Å². The number of rotatable bonds is 4. The highest BCUT2D eigenvalue weighted by Gasteiger charge is 2.30. The van der Waals surface area contributed by atoms with Gasteiger partial charge in [-0.1, -0.05) is 12.1 Å². The fourth-order valence-electron chi connectivity index (χ4n) is 1.81. The lowest BCUT2D eigenvalue weighted by Gasteiger charge is -2.27. The first-order chi connectivity index (χ1) is 9.01. The molecule has 0 radical (unpaired) electrons. The highest BCUT2D eigenvalue weighted by Crippen LogP contribution is 2.29. The first kappa shape index (κ1) is 16.5. The van der Waals surface area contributed by atoms with Crippen molar-refractivity contribution in [2.24, 2.45) is 5.73 Å². The molecule has 0 bridgehead atoms. The van der Waals surface area contributed by atoms with E-state index in [0.29, 0.717) is 12.0 Å². The van der Waals surface area contributed by atoms with E-state index in [4.69, 9.17) is 5.73 Å². The molecular weight excluding hydrogens is 269 g/mol. The molecule has 112 valence electrons. The fourth-order valence-corrected chi connectivity index (χ4v) is 1.81. The molecule has 1 rings (SSSR count). The Morgan fingerprint density at radius 3 is 2.15 bits per heavy atom. The molecule has 0 fully saturated rings. The minimum Gasteiger partial charge on any atom is -0.350 e. The summed E-state index contributed by atoms with van der Waals surface area (Å²) in [7, 11) is 0. The minimum absolute atomic E-state index is 0.290. The van der Waals surface area contributed by atoms with Gasteiger partial charge in [-0.2, -0.15) is 13.2 Å². The molecule has 0 aliphatic heterocycles. The van der Waals surface area contributed by atoms with Crippen molar-refractivity contribution in [3.8, 4) is 0 Å². The van der Waals surface area contributed by atoms with Crippen LogP contribution in [0.1, 0.15) is 31.9 Å². The Morgan fingerprint density at radius 2 is 1.75 bits per heavy atom. The molecule has 3 N–H and O–H groups in total. The van der Waals surface area contributed by atoms with Crippen molar-refractivity contribution in [2.45, 2.75) is 44.9 Å². The molecule has 1 aromatic carbocycles. The Balaban J connectivity index is 2.75. The molecule has 0 unspecified atom stereocenters. The summed E-state index contributed by atoms with van der Waals surface area (Å²) in [4.78, 5) is 11.5. The van der Waals surface area contributed by atoms with Gasteiger partial charge in [-0.3, -0.25) is 4.79 Å². The second kappa shape index (κ2) is 5.83. The van der Waals surface area contributed by atoms with Crippen LogP contribution in [0.25, 0.3) is 0 Å². The monoisotopic (exact) mass is 288 g/mol. The van der Waals surface area contributed by atoms with Gasteiger partial charge in [0.15, 0.2) is 0 Å². The van der Waals surface area contributed by atoms with Gasteiger partial charge >= 0.3 is 6.18 Å². The van der Waals surface area contributed by atoms with Crippen molar-refractivity contribution < 1.29 is 18.0 Å². The summed E-state index contributed by atoms with van der Waals surface area (Å²) in [6, 6.07) is 4.30. The lowest BCUT2D eigenvalue weighted by Crippen LogP contribution is -2.50. The number of carbonyl (C=O) groups is 1. The van der Waals surface area contributed by atoms with Gasteiger partial charge in [-0.15, -0.1) is 0 Å². The zero-order valence-electron chi connectivity index (χ0n) is 11.7. The Kier molecular flexibility index (Phi) is 4.81. The van der Waals surface area contributed by atoms with Gasteiger partial charge in [0.25, 0.3) is 0 Å². The summed E-state index contributed by atoms with van der Waals surface area (Å²) in [5.74, 6) is -0.290. The summed E-state index contributed by atoms with van der Waals surface area (Å²) < 4.78 is 37.3. The Labute approximate surface area is 116 Å². The number of nitrogens with one attached hydrogen (secondary N) is 1. The van der Waals surface area contributed by atoms with Crippen LogP contribution < -0.4 is 11.1 Å². The predicted molar refractivity (Wildman–Crippen MR) is 71.0 cm³/mol. The van der Waals surface area contributed by atoms with Crippen LogP contribution in [0.3, 0.4) is 0 Å². The number of hydrogen-bond donors (Lipinski definition) is 2. The first-order valence-electron chi connectivity index (χ1n) is 6.25. The smallest absolute Gasteiger partial charge is 0.350 e. The molecular formula is C14H19F3N2O. The van der Waals surface area contributed by atoms with Crippen LogP contribution in [0.4, 0.5) is 13.2 Å². The number of nitrogens with two attached hydrogens (primary N) is 1. The summed E-state index contributed by atoms with van der Waals surface area (Å²) in [5.41, 5.74) is 4.92. The molecule has 1 amide bonds. The van der Waals surface area contributed by atoms with Crippen LogP contribution in [0.2, 0.25) is 0 Å². The molecule has 0 saturated carbocycles. The summed E-state index contributed by atoms with van der Waals surface area (Å²) >= 11 is 0. The van der Waals surface area contributed by atoms with Gasteiger partial charge in [-0.25, -0.2) is 0 Å². The van der Waals surface area contributed by atoms with Crippen LogP contribution in [-0.4, -0.2) is 17.5 Å². The molecule has 0 aliphatic rings. The Hall–Kier alpha value is -1.56. The third-order valence-corrected chi connectivity index (χ3v) is 2.80. The Morgan fingerprint density at radius 1 is 1.25 bits per heavy atom. The maximum Gasteiger partial charge on any atom is 0.416 e. The van der Waals surface area contributed by atoms with Crippen LogP contribution in [0.5, 0.6) is 0 Å². The van der Waals surface area contributed by atoms with E-state index < -0.39 is 23.3 Å². The maximum atomic E-state index is 12.4. The summed E-state index contributed by atoms with van der Waals surface area (Å²) in [5, 5.41) is 2.76. The summed E-state index contributed by atoms with van der Waals surface area (Å²) in [6.07, 6.45) is -3.92. The van der Waals surface area contributed by atoms with Crippen molar-refractivity contribution in [2.75, 3.05) is 0 Å². The third-order valence-electron chi connectivity index (χ3n) is 2.80. The topological polar surface area (TPSA) is 55.1 Å². The molecule has 0 heterocycles. The van der Waals surface area contributed by atoms with E-state index in [1.165, 1.54) is 12.1 Å². The van der Waals surface area contributed by atoms with E-state index in [-0.39, 0.29) is 5.91 Å². The molecule has 0 saturated heterocycles. The molecule has 0 spiro atoms. The highest BCUT2D eigenvalue weighted by molar-refractivity contribution is 5.81. The van der Waals surface area contributed by atoms with E-state index in [2.05, 4.69) is 5.32 Å². The zero-order chi connectivity index (χ0) is 15.6. The second-order valence-electron chi connectivity index (χ2n) is 5.53. The molecule has 6 heteroatoms. The largest absolute Gasteiger partial charge is 0.416 e. The van der Waals surface area contributed by atoms with E-state index in [0.717, 1.165) is 12.1 Å². The van der Waals surface area contributed by atoms with E-state index in [1.807, 2.05) is 0 Å². The van der Waals surface area contributed by atoms with Crippen molar-refractivity contribution in [3.05, 3.63) is 35.4 Å². The van der Waals surface area contributed by atoms with Crippen LogP contribution in [-0.2, 0) is 17.4 Å². The standard InChI is InChI=1S/C14H19F3N2O/c1-9(18)12(20)19-13(2,3)8-10-4-6-11(7-5-10)14(15,16)17/h4-7,9H,8,18H2,1-3H3,(H,19,20)/t9-/m0/s1. The number of carbonyl (C=O) groups excluding carboxylic acids is 1. The summed E-state index contributed by atoms with van der Waals surface area (Å²) in [6.45, 7) is 5.17. The number of halogens is 3. The Bertz CT molecular complexity index is 464. The van der Waals surface area contributed by atoms with Crippen LogP contribution in [0.15, 0.2) is 24.3 Å². The average Bonchev–Trinajstić information content (AvgIpc) is 2.26. The van der Waals surface area contributed by atoms with Gasteiger partial charge in [0.2, 0.25) is 5.91 Å². The molecule has 1 aromatic rings. The number of alkyl halides is 3. The zero-order valence-corrected chi connectivity index (χ0v) is 11.7. The highest BCUT2D eigenvalue weighted by atomic mass is 19.4. The third kappa shape index (κ3) is 4.85. The molecule has 0 aromatic heterocycles. The average molecular weight is 288 g/mol. The number of amides is 1. The van der Waals surface area contributed by atoms with Crippen molar-refractivity contribution in [1.29, 1.82) is 0 Å². The quantitative estimate of drug-likeness (QED) is 0.894. The van der Waals surface area contributed by atoms with Crippen LogP contribution in [0, 0.1) is 0 Å². The molecule has 1 atom stereocenters. The van der Waals surface area contributed by atoms with E-state index in [1.54, 1.807) is 20.8 Å². The van der Waals surface area contributed by atoms with Gasteiger partial charge in [0.1, 0.15) is 0 Å². The lowest BCUT2D eigenvalue weighted by molar-refractivity contribution is -0.137. The van der Waals surface area contributed by atoms with Crippen LogP contribution >= 0.6 is 0 Å². The van der Waals surface area contributed by atoms with Gasteiger partial charge < -0.3 is 11.1 Å². The molecule has 3 nitrogen and oxygen atoms in total. The molecule has 20 heavy (non-hydrogen) atoms. The fraction of sp³-hybridized carbons (Fsp3) is 0.500. The van der Waals surface area contributed by atoms with Crippen molar-refractivity contribution >= 4 is 5.91 Å². The number of hydrogen-bond acceptors (Lipinski definition) is 2. The normalized spacial score (nSPS) is 13.9. The van der Waals surface area contributed by atoms with Crippen molar-refractivity contribution in [1.82, 2.24) is 5.32 Å². The minimum atomic E-state index is -4.34. The maximum absolute atomic E-state index is 12.4. The lowest BCUT2D eigenvalue weighted by atomic mass is 9.94. The first-order valence-corrected chi connectivity index (χ1v) is 6.25. The van der Waals surface area contributed by atoms with Gasteiger partial charge in [-0.05, 0) is 44.9 Å².